The zero-order valence-electron chi connectivity index (χ0n) is 13.3. The van der Waals surface area contributed by atoms with Gasteiger partial charge in [-0.1, -0.05) is 25.1 Å². The van der Waals surface area contributed by atoms with Crippen molar-refractivity contribution < 1.29 is 9.59 Å². The number of para-hydroxylation sites is 1. The molecule has 0 radical (unpaired) electrons. The van der Waals surface area contributed by atoms with Crippen LogP contribution in [0, 0.1) is 0 Å². The number of aryl methyl sites for hydroxylation is 1. The molecule has 5 heteroatoms. The molecule has 1 heterocycles. The largest absolute Gasteiger partial charge is 0.352 e. The van der Waals surface area contributed by atoms with Crippen LogP contribution < -0.4 is 10.6 Å². The topological polar surface area (TPSA) is 58.2 Å². The fraction of sp³-hybridized carbons (Fsp3) is 0.333. The lowest BCUT2D eigenvalue weighted by atomic mass is 10.1. The van der Waals surface area contributed by atoms with Crippen molar-refractivity contribution in [1.82, 2.24) is 5.32 Å². The number of carbonyl (C=O) groups excluding carboxylic acids is 2. The maximum Gasteiger partial charge on any atom is 0.253 e. The predicted molar refractivity (Wildman–Crippen MR) is 95.0 cm³/mol. The molecule has 23 heavy (non-hydrogen) atoms. The van der Waals surface area contributed by atoms with E-state index in [2.05, 4.69) is 16.7 Å². The van der Waals surface area contributed by atoms with Gasteiger partial charge in [-0.3, -0.25) is 9.59 Å². The first-order valence-corrected chi connectivity index (χ1v) is 8.78. The van der Waals surface area contributed by atoms with E-state index in [9.17, 15) is 9.59 Å². The van der Waals surface area contributed by atoms with Crippen LogP contribution in [0.25, 0.3) is 0 Å². The molecule has 0 aliphatic carbocycles. The third-order valence-corrected chi connectivity index (χ3v) is 4.32. The number of anilines is 1. The van der Waals surface area contributed by atoms with Crippen molar-refractivity contribution in [2.75, 3.05) is 11.9 Å². The lowest BCUT2D eigenvalue weighted by molar-refractivity contribution is -0.116. The Hall–Kier alpha value is -2.14. The van der Waals surface area contributed by atoms with Gasteiger partial charge in [0.1, 0.15) is 0 Å². The summed E-state index contributed by atoms with van der Waals surface area (Å²) >= 11 is 1.71. The van der Waals surface area contributed by atoms with E-state index in [-0.39, 0.29) is 11.8 Å². The summed E-state index contributed by atoms with van der Waals surface area (Å²) in [7, 11) is 0. The minimum Gasteiger partial charge on any atom is -0.352 e. The van der Waals surface area contributed by atoms with E-state index >= 15 is 0 Å². The molecule has 0 aliphatic rings. The average Bonchev–Trinajstić information content (AvgIpc) is 3.06. The number of hydrogen-bond acceptors (Lipinski definition) is 3. The van der Waals surface area contributed by atoms with Crippen LogP contribution in [-0.2, 0) is 11.2 Å². The standard InChI is InChI=1S/C18H22N2O2S/c1-2-12-19-18(22)15-9-3-4-10-16(15)20-17(21)11-5-7-14-8-6-13-23-14/h3-4,6,8-10,13H,2,5,7,11-12H2,1H3,(H,19,22)(H,20,21). The Kier molecular flexibility index (Phi) is 6.81. The minimum absolute atomic E-state index is 0.0581. The molecule has 0 aliphatic heterocycles. The number of amides is 2. The van der Waals surface area contributed by atoms with Gasteiger partial charge in [0, 0.05) is 17.8 Å². The summed E-state index contributed by atoms with van der Waals surface area (Å²) in [5, 5.41) is 7.73. The Morgan fingerprint density at radius 2 is 1.96 bits per heavy atom. The van der Waals surface area contributed by atoms with Crippen molar-refractivity contribution >= 4 is 28.8 Å². The van der Waals surface area contributed by atoms with Gasteiger partial charge < -0.3 is 10.6 Å². The molecule has 2 aromatic rings. The fourth-order valence-corrected chi connectivity index (χ4v) is 2.97. The van der Waals surface area contributed by atoms with Crippen molar-refractivity contribution in [2.45, 2.75) is 32.6 Å². The van der Waals surface area contributed by atoms with Gasteiger partial charge in [0.05, 0.1) is 11.3 Å². The number of benzene rings is 1. The van der Waals surface area contributed by atoms with Crippen LogP contribution >= 0.6 is 11.3 Å². The Labute approximate surface area is 140 Å². The molecular weight excluding hydrogens is 308 g/mol. The molecule has 2 amide bonds. The molecule has 4 nitrogen and oxygen atoms in total. The van der Waals surface area contributed by atoms with Crippen LogP contribution in [0.15, 0.2) is 41.8 Å². The highest BCUT2D eigenvalue weighted by Crippen LogP contribution is 2.16. The molecule has 0 unspecified atom stereocenters. The summed E-state index contributed by atoms with van der Waals surface area (Å²) in [5.41, 5.74) is 1.08. The zero-order valence-corrected chi connectivity index (χ0v) is 14.1. The third-order valence-electron chi connectivity index (χ3n) is 3.39. The van der Waals surface area contributed by atoms with Crippen LogP contribution in [0.5, 0.6) is 0 Å². The van der Waals surface area contributed by atoms with Gasteiger partial charge >= 0.3 is 0 Å². The number of hydrogen-bond donors (Lipinski definition) is 2. The van der Waals surface area contributed by atoms with Gasteiger partial charge in [-0.25, -0.2) is 0 Å². The smallest absolute Gasteiger partial charge is 0.253 e. The highest BCUT2D eigenvalue weighted by Gasteiger charge is 2.12. The average molecular weight is 330 g/mol. The van der Waals surface area contributed by atoms with E-state index in [0.717, 1.165) is 19.3 Å². The molecular formula is C18H22N2O2S. The summed E-state index contributed by atoms with van der Waals surface area (Å²) in [6.45, 7) is 2.63. The number of rotatable bonds is 8. The van der Waals surface area contributed by atoms with Gasteiger partial charge in [0.25, 0.3) is 5.91 Å². The second-order valence-corrected chi connectivity index (χ2v) is 6.31. The normalized spacial score (nSPS) is 10.3. The van der Waals surface area contributed by atoms with Crippen LogP contribution in [0.2, 0.25) is 0 Å². The van der Waals surface area contributed by atoms with E-state index in [1.54, 1.807) is 29.5 Å². The molecule has 1 aromatic heterocycles. The van der Waals surface area contributed by atoms with E-state index in [4.69, 9.17) is 0 Å². The number of thiophene rings is 1. The quantitative estimate of drug-likeness (QED) is 0.772. The second-order valence-electron chi connectivity index (χ2n) is 5.28. The molecule has 0 bridgehead atoms. The lowest BCUT2D eigenvalue weighted by Gasteiger charge is -2.11. The maximum atomic E-state index is 12.1. The molecule has 2 rings (SSSR count). The molecule has 0 atom stereocenters. The Bertz CT molecular complexity index is 638. The summed E-state index contributed by atoms with van der Waals surface area (Å²) in [6, 6.07) is 11.2. The first-order chi connectivity index (χ1) is 11.2. The van der Waals surface area contributed by atoms with Crippen molar-refractivity contribution in [3.8, 4) is 0 Å². The summed E-state index contributed by atoms with van der Waals surface area (Å²) in [5.74, 6) is -0.210. The Morgan fingerprint density at radius 3 is 2.70 bits per heavy atom. The van der Waals surface area contributed by atoms with Crippen molar-refractivity contribution in [3.05, 3.63) is 52.2 Å². The van der Waals surface area contributed by atoms with E-state index in [1.165, 1.54) is 4.88 Å². The van der Waals surface area contributed by atoms with E-state index in [0.29, 0.717) is 24.2 Å². The molecule has 0 spiro atoms. The lowest BCUT2D eigenvalue weighted by Crippen LogP contribution is -2.25. The molecule has 1 aromatic carbocycles. The van der Waals surface area contributed by atoms with Crippen molar-refractivity contribution in [1.29, 1.82) is 0 Å². The highest BCUT2D eigenvalue weighted by atomic mass is 32.1. The molecule has 0 fully saturated rings. The zero-order chi connectivity index (χ0) is 16.5. The number of nitrogens with one attached hydrogen (secondary N) is 2. The molecule has 2 N–H and O–H groups in total. The van der Waals surface area contributed by atoms with Crippen LogP contribution in [0.1, 0.15) is 41.4 Å². The predicted octanol–water partition coefficient (Wildman–Crippen LogP) is 3.85. The van der Waals surface area contributed by atoms with Gasteiger partial charge in [-0.05, 0) is 42.8 Å². The Morgan fingerprint density at radius 1 is 1.13 bits per heavy atom. The molecule has 122 valence electrons. The van der Waals surface area contributed by atoms with Crippen LogP contribution in [0.4, 0.5) is 5.69 Å². The van der Waals surface area contributed by atoms with Gasteiger partial charge in [0.15, 0.2) is 0 Å². The fourth-order valence-electron chi connectivity index (χ4n) is 2.21. The molecule has 0 saturated carbocycles. The van der Waals surface area contributed by atoms with Crippen molar-refractivity contribution in [2.24, 2.45) is 0 Å². The van der Waals surface area contributed by atoms with Gasteiger partial charge in [-0.15, -0.1) is 11.3 Å². The van der Waals surface area contributed by atoms with Crippen LogP contribution in [-0.4, -0.2) is 18.4 Å². The van der Waals surface area contributed by atoms with Gasteiger partial charge in [-0.2, -0.15) is 0 Å². The maximum absolute atomic E-state index is 12.1. The first-order valence-electron chi connectivity index (χ1n) is 7.90. The number of carbonyl (C=O) groups is 2. The third kappa shape index (κ3) is 5.53. The van der Waals surface area contributed by atoms with E-state index < -0.39 is 0 Å². The van der Waals surface area contributed by atoms with E-state index in [1.807, 2.05) is 24.4 Å². The SMILES string of the molecule is CCCNC(=O)c1ccccc1NC(=O)CCCc1cccs1. The summed E-state index contributed by atoms with van der Waals surface area (Å²) in [6.07, 6.45) is 3.03. The first kappa shape index (κ1) is 17.2. The minimum atomic E-state index is -0.152. The molecule has 0 saturated heterocycles. The van der Waals surface area contributed by atoms with Crippen molar-refractivity contribution in [3.63, 3.8) is 0 Å². The monoisotopic (exact) mass is 330 g/mol. The highest BCUT2D eigenvalue weighted by molar-refractivity contribution is 7.09. The van der Waals surface area contributed by atoms with Gasteiger partial charge in [0.2, 0.25) is 5.91 Å². The van der Waals surface area contributed by atoms with Crippen LogP contribution in [0.3, 0.4) is 0 Å². The second kappa shape index (κ2) is 9.10. The summed E-state index contributed by atoms with van der Waals surface area (Å²) in [4.78, 5) is 25.5. The Balaban J connectivity index is 1.88. The summed E-state index contributed by atoms with van der Waals surface area (Å²) < 4.78 is 0.